The van der Waals surface area contributed by atoms with E-state index in [0.29, 0.717) is 12.3 Å². The van der Waals surface area contributed by atoms with E-state index in [2.05, 4.69) is 18.2 Å². The molecule has 0 aliphatic heterocycles. The molecule has 0 aliphatic carbocycles. The largest absolute Gasteiger partial charge is 0.508 e. The zero-order valence-electron chi connectivity index (χ0n) is 10.8. The van der Waals surface area contributed by atoms with Crippen molar-refractivity contribution < 1.29 is 5.11 Å². The molecule has 0 unspecified atom stereocenters. The Morgan fingerprint density at radius 1 is 1.00 bits per heavy atom. The van der Waals surface area contributed by atoms with E-state index >= 15 is 0 Å². The lowest BCUT2D eigenvalue weighted by atomic mass is 9.88. The molecule has 0 aromatic heterocycles. The van der Waals surface area contributed by atoms with Gasteiger partial charge in [-0.2, -0.15) is 5.26 Å². The van der Waals surface area contributed by atoms with Crippen molar-refractivity contribution in [3.8, 4) is 11.8 Å². The number of phenolic OH excluding ortho intramolecular Hbond substituents is 1. The van der Waals surface area contributed by atoms with E-state index in [9.17, 15) is 5.11 Å². The molecule has 1 atom stereocenters. The molecule has 2 heteroatoms. The topological polar surface area (TPSA) is 44.0 Å². The van der Waals surface area contributed by atoms with Crippen LogP contribution in [0.15, 0.2) is 54.6 Å². The van der Waals surface area contributed by atoms with Gasteiger partial charge in [-0.25, -0.2) is 0 Å². The molecule has 0 heterocycles. The predicted molar refractivity (Wildman–Crippen MR) is 75.8 cm³/mol. The third kappa shape index (κ3) is 3.86. The highest BCUT2D eigenvalue weighted by molar-refractivity contribution is 5.29. The molecule has 2 rings (SSSR count). The molecule has 2 aromatic rings. The first kappa shape index (κ1) is 13.2. The fourth-order valence-corrected chi connectivity index (χ4v) is 2.27. The van der Waals surface area contributed by atoms with Crippen molar-refractivity contribution in [2.24, 2.45) is 0 Å². The van der Waals surface area contributed by atoms with Gasteiger partial charge in [-0.05, 0) is 42.0 Å². The molecule has 96 valence electrons. The van der Waals surface area contributed by atoms with Crippen LogP contribution >= 0.6 is 0 Å². The summed E-state index contributed by atoms with van der Waals surface area (Å²) < 4.78 is 0. The van der Waals surface area contributed by atoms with E-state index in [1.54, 1.807) is 12.1 Å². The summed E-state index contributed by atoms with van der Waals surface area (Å²) in [6, 6.07) is 19.8. The van der Waals surface area contributed by atoms with Gasteiger partial charge in [0.1, 0.15) is 5.75 Å². The van der Waals surface area contributed by atoms with Gasteiger partial charge in [0.05, 0.1) is 6.07 Å². The number of aromatic hydroxyl groups is 1. The summed E-state index contributed by atoms with van der Waals surface area (Å²) in [5.41, 5.74) is 2.45. The van der Waals surface area contributed by atoms with E-state index < -0.39 is 0 Å². The summed E-state index contributed by atoms with van der Waals surface area (Å²) in [6.45, 7) is 0. The van der Waals surface area contributed by atoms with E-state index in [-0.39, 0.29) is 5.75 Å². The molecule has 2 aromatic carbocycles. The third-order valence-corrected chi connectivity index (χ3v) is 3.29. The van der Waals surface area contributed by atoms with Crippen LogP contribution in [0.2, 0.25) is 0 Å². The lowest BCUT2D eigenvalue weighted by molar-refractivity contribution is 0.475. The zero-order valence-corrected chi connectivity index (χ0v) is 10.8. The van der Waals surface area contributed by atoms with Crippen LogP contribution in [0.3, 0.4) is 0 Å². The van der Waals surface area contributed by atoms with Crippen molar-refractivity contribution >= 4 is 0 Å². The van der Waals surface area contributed by atoms with Crippen LogP contribution in [-0.4, -0.2) is 5.11 Å². The second kappa shape index (κ2) is 6.61. The van der Waals surface area contributed by atoms with E-state index in [1.165, 1.54) is 11.1 Å². The van der Waals surface area contributed by atoms with Gasteiger partial charge in [-0.15, -0.1) is 0 Å². The molecule has 0 radical (unpaired) electrons. The van der Waals surface area contributed by atoms with Crippen LogP contribution in [-0.2, 0) is 6.42 Å². The number of rotatable bonds is 5. The molecule has 0 bridgehead atoms. The van der Waals surface area contributed by atoms with Gasteiger partial charge in [0.15, 0.2) is 0 Å². The minimum absolute atomic E-state index is 0.289. The summed E-state index contributed by atoms with van der Waals surface area (Å²) >= 11 is 0. The summed E-state index contributed by atoms with van der Waals surface area (Å²) in [5, 5.41) is 18.1. The molecule has 2 nitrogen and oxygen atoms in total. The quantitative estimate of drug-likeness (QED) is 0.872. The maximum Gasteiger partial charge on any atom is 0.115 e. The van der Waals surface area contributed by atoms with Gasteiger partial charge in [0, 0.05) is 6.42 Å². The van der Waals surface area contributed by atoms with Crippen molar-refractivity contribution in [2.45, 2.75) is 25.2 Å². The molecule has 0 amide bonds. The Bertz CT molecular complexity index is 540. The second-order valence-corrected chi connectivity index (χ2v) is 4.67. The Balaban J connectivity index is 2.14. The van der Waals surface area contributed by atoms with Crippen LogP contribution in [0.1, 0.15) is 29.9 Å². The predicted octanol–water partition coefficient (Wildman–Crippen LogP) is 4.02. The highest BCUT2D eigenvalue weighted by Gasteiger charge is 2.12. The van der Waals surface area contributed by atoms with Gasteiger partial charge < -0.3 is 5.11 Å². The standard InChI is InChI=1S/C17H17NO/c18-12-4-7-16(15-5-2-1-3-6-15)13-14-8-10-17(19)11-9-14/h1-3,5-6,8-11,16,19H,4,7,13H2/t16-/m0/s1. The van der Waals surface area contributed by atoms with Crippen molar-refractivity contribution in [3.05, 3.63) is 65.7 Å². The normalized spacial score (nSPS) is 11.7. The number of hydrogen-bond acceptors (Lipinski definition) is 2. The average molecular weight is 251 g/mol. The smallest absolute Gasteiger partial charge is 0.115 e. The van der Waals surface area contributed by atoms with E-state index in [1.807, 2.05) is 30.3 Å². The monoisotopic (exact) mass is 251 g/mol. The highest BCUT2D eigenvalue weighted by Crippen LogP contribution is 2.26. The zero-order chi connectivity index (χ0) is 13.5. The first-order valence-electron chi connectivity index (χ1n) is 6.49. The molecule has 19 heavy (non-hydrogen) atoms. The molecule has 0 spiro atoms. The van der Waals surface area contributed by atoms with Crippen molar-refractivity contribution in [3.63, 3.8) is 0 Å². The second-order valence-electron chi connectivity index (χ2n) is 4.67. The maximum atomic E-state index is 9.31. The van der Waals surface area contributed by atoms with Gasteiger partial charge in [0.25, 0.3) is 0 Å². The molecule has 0 saturated carbocycles. The Morgan fingerprint density at radius 2 is 1.68 bits per heavy atom. The maximum absolute atomic E-state index is 9.31. The van der Waals surface area contributed by atoms with Crippen LogP contribution in [0.4, 0.5) is 0 Å². The first-order valence-corrected chi connectivity index (χ1v) is 6.49. The van der Waals surface area contributed by atoms with Gasteiger partial charge >= 0.3 is 0 Å². The third-order valence-electron chi connectivity index (χ3n) is 3.29. The summed E-state index contributed by atoms with van der Waals surface area (Å²) in [6.07, 6.45) is 2.32. The van der Waals surface area contributed by atoms with Gasteiger partial charge in [-0.3, -0.25) is 0 Å². The Hall–Kier alpha value is -2.27. The molecular formula is C17H17NO. The number of nitrogens with zero attached hydrogens (tertiary/aromatic N) is 1. The van der Waals surface area contributed by atoms with Crippen LogP contribution in [0.5, 0.6) is 5.75 Å². The van der Waals surface area contributed by atoms with E-state index in [0.717, 1.165) is 12.8 Å². The summed E-state index contributed by atoms with van der Waals surface area (Å²) in [5.74, 6) is 0.641. The average Bonchev–Trinajstić information content (AvgIpc) is 2.46. The lowest BCUT2D eigenvalue weighted by Crippen LogP contribution is -2.03. The SMILES string of the molecule is N#CCC[C@@H](Cc1ccc(O)cc1)c1ccccc1. The Labute approximate surface area is 114 Å². The molecule has 0 aliphatic rings. The van der Waals surface area contributed by atoms with Gasteiger partial charge in [0.2, 0.25) is 0 Å². The van der Waals surface area contributed by atoms with E-state index in [4.69, 9.17) is 5.26 Å². The van der Waals surface area contributed by atoms with Crippen LogP contribution in [0.25, 0.3) is 0 Å². The number of nitriles is 1. The fourth-order valence-electron chi connectivity index (χ4n) is 2.27. The lowest BCUT2D eigenvalue weighted by Gasteiger charge is -2.16. The molecule has 0 saturated heterocycles. The van der Waals surface area contributed by atoms with Crippen molar-refractivity contribution in [1.82, 2.24) is 0 Å². The number of benzene rings is 2. The van der Waals surface area contributed by atoms with Crippen molar-refractivity contribution in [1.29, 1.82) is 5.26 Å². The summed E-state index contributed by atoms with van der Waals surface area (Å²) in [7, 11) is 0. The number of phenols is 1. The number of hydrogen-bond donors (Lipinski definition) is 1. The molecule has 1 N–H and O–H groups in total. The van der Waals surface area contributed by atoms with Crippen molar-refractivity contribution in [2.75, 3.05) is 0 Å². The summed E-state index contributed by atoms with van der Waals surface area (Å²) in [4.78, 5) is 0. The Kier molecular flexibility index (Phi) is 4.58. The Morgan fingerprint density at radius 3 is 2.32 bits per heavy atom. The minimum atomic E-state index is 0.289. The molecule has 0 fully saturated rings. The highest BCUT2D eigenvalue weighted by atomic mass is 16.3. The molecular weight excluding hydrogens is 234 g/mol. The van der Waals surface area contributed by atoms with Gasteiger partial charge in [-0.1, -0.05) is 42.5 Å². The van der Waals surface area contributed by atoms with Crippen LogP contribution < -0.4 is 0 Å². The first-order chi connectivity index (χ1) is 9.29. The fraction of sp³-hybridized carbons (Fsp3) is 0.235. The van der Waals surface area contributed by atoms with Crippen LogP contribution in [0, 0.1) is 11.3 Å². The minimum Gasteiger partial charge on any atom is -0.508 e.